The molecule has 0 N–H and O–H groups in total. The summed E-state index contributed by atoms with van der Waals surface area (Å²) in [7, 11) is 3.32. The highest BCUT2D eigenvalue weighted by molar-refractivity contribution is 6.63. The molecule has 6 aromatic rings. The predicted octanol–water partition coefficient (Wildman–Crippen LogP) is 10.2. The molecule has 282 valence electrons. The zero-order chi connectivity index (χ0) is 39.0. The van der Waals surface area contributed by atoms with Crippen LogP contribution in [0.3, 0.4) is 0 Å². The number of carbonyl (C=O) groups is 2. The number of hydrogen-bond donors (Lipinski definition) is 0. The number of aryl methyl sites for hydroxylation is 2. The van der Waals surface area contributed by atoms with Crippen molar-refractivity contribution in [3.63, 3.8) is 0 Å². The third-order valence-electron chi connectivity index (χ3n) is 10.8. The van der Waals surface area contributed by atoms with Crippen LogP contribution in [-0.2, 0) is 30.3 Å². The summed E-state index contributed by atoms with van der Waals surface area (Å²) < 4.78 is 31.4. The van der Waals surface area contributed by atoms with Crippen molar-refractivity contribution in [1.82, 2.24) is 0 Å². The molecule has 8 rings (SSSR count). The van der Waals surface area contributed by atoms with Gasteiger partial charge >= 0.3 is 5.97 Å². The van der Waals surface area contributed by atoms with Crippen LogP contribution in [0, 0.1) is 13.8 Å². The maximum atomic E-state index is 12.5. The average molecular weight is 765 g/mol. The summed E-state index contributed by atoms with van der Waals surface area (Å²) in [5, 5.41) is 1.43. The van der Waals surface area contributed by atoms with Crippen LogP contribution in [0.1, 0.15) is 57.3 Å². The quantitative estimate of drug-likeness (QED) is 0.0697. The van der Waals surface area contributed by atoms with Gasteiger partial charge in [0.15, 0.2) is 5.60 Å². The first kappa shape index (κ1) is 37.1. The summed E-state index contributed by atoms with van der Waals surface area (Å²) in [6.45, 7) is 4.24. The maximum Gasteiger partial charge on any atom is 0.306 e. The van der Waals surface area contributed by atoms with E-state index in [0.29, 0.717) is 0 Å². The second-order valence-electron chi connectivity index (χ2n) is 14.2. The molecule has 0 saturated heterocycles. The van der Waals surface area contributed by atoms with Crippen LogP contribution in [0.25, 0.3) is 28.0 Å². The number of hydrogen-bond acceptors (Lipinski definition) is 7. The lowest BCUT2D eigenvalue weighted by Crippen LogP contribution is -2.36. The highest BCUT2D eigenvalue weighted by Gasteiger charge is 2.50. The summed E-state index contributed by atoms with van der Waals surface area (Å²) in [4.78, 5) is 23.8. The van der Waals surface area contributed by atoms with Crippen molar-refractivity contribution in [3.05, 3.63) is 166 Å². The minimum absolute atomic E-state index is 0.0142. The van der Waals surface area contributed by atoms with E-state index < -0.39 is 22.4 Å². The van der Waals surface area contributed by atoms with Gasteiger partial charge in [0.1, 0.15) is 29.5 Å². The molecule has 0 amide bonds. The Balaban J connectivity index is 1.38. The van der Waals surface area contributed by atoms with Gasteiger partial charge in [-0.2, -0.15) is 0 Å². The van der Waals surface area contributed by atoms with Crippen LogP contribution < -0.4 is 14.2 Å². The number of methoxy groups -OCH3 is 2. The molecule has 8 heteroatoms. The fraction of sp³-hybridized carbons (Fsp3) is 0.208. The van der Waals surface area contributed by atoms with Crippen LogP contribution >= 0.6 is 11.6 Å². The molecular weight excluding hydrogens is 724 g/mol. The van der Waals surface area contributed by atoms with Crippen LogP contribution in [0.4, 0.5) is 0 Å². The Kier molecular flexibility index (Phi) is 9.91. The molecule has 0 aromatic heterocycles. The van der Waals surface area contributed by atoms with Gasteiger partial charge in [0.05, 0.1) is 27.2 Å². The van der Waals surface area contributed by atoms with Gasteiger partial charge in [0.25, 0.3) is 0 Å². The molecule has 56 heavy (non-hydrogen) atoms. The van der Waals surface area contributed by atoms with E-state index in [1.165, 1.54) is 0 Å². The van der Waals surface area contributed by atoms with Crippen LogP contribution in [0.5, 0.6) is 17.2 Å². The summed E-state index contributed by atoms with van der Waals surface area (Å²) in [5.74, 6) is 1.70. The second-order valence-corrected chi connectivity index (χ2v) is 14.6. The van der Waals surface area contributed by atoms with E-state index in [1.54, 1.807) is 14.2 Å². The molecule has 1 atom stereocenters. The fourth-order valence-electron chi connectivity index (χ4n) is 8.19. The normalized spacial score (nSPS) is 16.0. The molecule has 0 bridgehead atoms. The molecule has 1 heterocycles. The molecule has 0 saturated carbocycles. The van der Waals surface area contributed by atoms with Crippen molar-refractivity contribution in [2.24, 2.45) is 0 Å². The number of fused-ring (bicyclic) bond motifs is 8. The Bertz CT molecular complexity index is 2440. The third kappa shape index (κ3) is 6.31. The summed E-state index contributed by atoms with van der Waals surface area (Å²) >= 11 is 5.49. The van der Waals surface area contributed by atoms with Gasteiger partial charge in [-0.05, 0) is 83.9 Å². The SMILES string of the molecule is COc1ccc(C2(c3ccc(OC)cc3)C=Cc3c4c(c5ccc(C)cc5c3O2)-c2ccc(C)cc2C4(OCCOC(=O)CCC(=O)Cl)c2ccccc2)cc1. The number of carbonyl (C=O) groups excluding carboxylic acids is 2. The van der Waals surface area contributed by atoms with E-state index in [1.807, 2.05) is 66.7 Å². The molecule has 1 aliphatic carbocycles. The van der Waals surface area contributed by atoms with Crippen molar-refractivity contribution < 1.29 is 33.3 Å². The van der Waals surface area contributed by atoms with Gasteiger partial charge in [-0.3, -0.25) is 9.59 Å². The standard InChI is InChI=1S/C48H41ClO7/c1-30-10-20-37-40(28-30)46-39(24-25-47(56-46,32-12-16-35(52-3)17-13-32)33-14-18-36(53-4)19-15-33)45-44(37)38-21-11-31(2)29-41(38)48(45,34-8-6-5-7-9-34)55-27-26-54-43(51)23-22-42(49)50/h5-21,24-25,28-29H,22-23,26-27H2,1-4H3. The summed E-state index contributed by atoms with van der Waals surface area (Å²) in [5.41, 5.74) is 7.76. The van der Waals surface area contributed by atoms with E-state index in [4.69, 9.17) is 35.3 Å². The molecular formula is C48H41ClO7. The van der Waals surface area contributed by atoms with Gasteiger partial charge in [-0.1, -0.05) is 102 Å². The number of rotatable bonds is 12. The summed E-state index contributed by atoms with van der Waals surface area (Å²) in [6, 6.07) is 39.2. The van der Waals surface area contributed by atoms with Gasteiger partial charge in [0.2, 0.25) is 5.24 Å². The Hall–Kier alpha value is -5.89. The fourth-order valence-corrected chi connectivity index (χ4v) is 8.28. The first-order valence-corrected chi connectivity index (χ1v) is 19.0. The number of esters is 1. The minimum atomic E-state index is -1.12. The monoisotopic (exact) mass is 764 g/mol. The molecule has 6 aromatic carbocycles. The van der Waals surface area contributed by atoms with E-state index in [0.717, 1.165) is 83.7 Å². The lowest BCUT2D eigenvalue weighted by atomic mass is 9.77. The Morgan fingerprint density at radius 1 is 0.696 bits per heavy atom. The highest BCUT2D eigenvalue weighted by atomic mass is 35.5. The minimum Gasteiger partial charge on any atom is -0.497 e. The van der Waals surface area contributed by atoms with Crippen molar-refractivity contribution in [1.29, 1.82) is 0 Å². The first-order chi connectivity index (χ1) is 27.2. The smallest absolute Gasteiger partial charge is 0.306 e. The van der Waals surface area contributed by atoms with Crippen molar-refractivity contribution >= 4 is 39.7 Å². The van der Waals surface area contributed by atoms with Gasteiger partial charge in [-0.15, -0.1) is 0 Å². The van der Waals surface area contributed by atoms with E-state index in [-0.39, 0.29) is 26.1 Å². The molecule has 2 aliphatic rings. The Labute approximate surface area is 331 Å². The van der Waals surface area contributed by atoms with Crippen molar-refractivity contribution in [2.75, 3.05) is 27.4 Å². The molecule has 0 radical (unpaired) electrons. The van der Waals surface area contributed by atoms with Crippen LogP contribution in [0.2, 0.25) is 0 Å². The van der Waals surface area contributed by atoms with Gasteiger partial charge in [0, 0.05) is 39.6 Å². The number of halogens is 1. The lowest BCUT2D eigenvalue weighted by Gasteiger charge is -2.40. The zero-order valence-corrected chi connectivity index (χ0v) is 32.4. The van der Waals surface area contributed by atoms with Gasteiger partial charge < -0.3 is 23.7 Å². The lowest BCUT2D eigenvalue weighted by molar-refractivity contribution is -0.147. The van der Waals surface area contributed by atoms with Crippen molar-refractivity contribution in [3.8, 4) is 28.4 Å². The number of ether oxygens (including phenoxy) is 5. The molecule has 0 spiro atoms. The zero-order valence-electron chi connectivity index (χ0n) is 31.7. The van der Waals surface area contributed by atoms with E-state index in [9.17, 15) is 9.59 Å². The van der Waals surface area contributed by atoms with Crippen LogP contribution in [0.15, 0.2) is 121 Å². The topological polar surface area (TPSA) is 80.3 Å². The predicted molar refractivity (Wildman–Crippen MR) is 219 cm³/mol. The molecule has 1 unspecified atom stereocenters. The largest absolute Gasteiger partial charge is 0.497 e. The van der Waals surface area contributed by atoms with E-state index >= 15 is 0 Å². The Morgan fingerprint density at radius 3 is 1.98 bits per heavy atom. The van der Waals surface area contributed by atoms with Crippen LogP contribution in [-0.4, -0.2) is 38.6 Å². The average Bonchev–Trinajstić information content (AvgIpc) is 3.51. The second kappa shape index (κ2) is 15.0. The molecule has 1 aliphatic heterocycles. The van der Waals surface area contributed by atoms with E-state index in [2.05, 4.69) is 74.5 Å². The maximum absolute atomic E-state index is 12.5. The number of benzene rings is 6. The molecule has 7 nitrogen and oxygen atoms in total. The summed E-state index contributed by atoms with van der Waals surface area (Å²) in [6.07, 6.45) is 4.12. The third-order valence-corrected chi connectivity index (χ3v) is 11.0. The van der Waals surface area contributed by atoms with Gasteiger partial charge in [-0.25, -0.2) is 0 Å². The van der Waals surface area contributed by atoms with Crippen molar-refractivity contribution in [2.45, 2.75) is 37.9 Å². The Morgan fingerprint density at radius 2 is 1.34 bits per heavy atom. The first-order valence-electron chi connectivity index (χ1n) is 18.6. The molecule has 0 fully saturated rings. The highest BCUT2D eigenvalue weighted by Crippen LogP contribution is 2.61.